The highest BCUT2D eigenvalue weighted by Gasteiger charge is 2.20. The van der Waals surface area contributed by atoms with Gasteiger partial charge in [-0.25, -0.2) is 0 Å². The third kappa shape index (κ3) is 4.05. The van der Waals surface area contributed by atoms with Gasteiger partial charge in [0.1, 0.15) is 5.69 Å². The van der Waals surface area contributed by atoms with Gasteiger partial charge in [-0.3, -0.25) is 20.8 Å². The average molecular weight is 303 g/mol. The molecule has 1 aromatic rings. The second-order valence-electron chi connectivity index (χ2n) is 3.86. The van der Waals surface area contributed by atoms with Crippen LogP contribution < -0.4 is 16.6 Å². The smallest absolute Gasteiger partial charge is 0.295 e. The Kier molecular flexibility index (Phi) is 6.16. The van der Waals surface area contributed by atoms with Crippen molar-refractivity contribution in [3.8, 4) is 0 Å². The summed E-state index contributed by atoms with van der Waals surface area (Å²) < 4.78 is 4.85. The summed E-state index contributed by atoms with van der Waals surface area (Å²) >= 11 is 5.86. The molecule has 0 aliphatic heterocycles. The number of rotatable bonds is 7. The van der Waals surface area contributed by atoms with Gasteiger partial charge in [-0.1, -0.05) is 11.6 Å². The zero-order chi connectivity index (χ0) is 15.1. The summed E-state index contributed by atoms with van der Waals surface area (Å²) in [7, 11) is 1.56. The van der Waals surface area contributed by atoms with E-state index in [1.54, 1.807) is 7.11 Å². The number of ether oxygens (including phenoxy) is 1. The van der Waals surface area contributed by atoms with Gasteiger partial charge in [0, 0.05) is 31.9 Å². The van der Waals surface area contributed by atoms with E-state index in [0.717, 1.165) is 6.07 Å². The van der Waals surface area contributed by atoms with Crippen LogP contribution in [-0.2, 0) is 4.74 Å². The molecule has 0 unspecified atom stereocenters. The van der Waals surface area contributed by atoms with Crippen LogP contribution in [0, 0.1) is 10.1 Å². The number of nitrogens with one attached hydrogen (secondary N) is 2. The van der Waals surface area contributed by atoms with Crippen LogP contribution in [0.25, 0.3) is 0 Å². The van der Waals surface area contributed by atoms with Gasteiger partial charge in [0.05, 0.1) is 9.95 Å². The van der Waals surface area contributed by atoms with E-state index in [9.17, 15) is 14.9 Å². The lowest BCUT2D eigenvalue weighted by Crippen LogP contribution is -2.25. The largest absolute Gasteiger partial charge is 0.385 e. The average Bonchev–Trinajstić information content (AvgIpc) is 2.42. The maximum absolute atomic E-state index is 11.8. The highest BCUT2D eigenvalue weighted by Crippen LogP contribution is 2.32. The van der Waals surface area contributed by atoms with Crippen LogP contribution in [0.3, 0.4) is 0 Å². The number of anilines is 1. The standard InChI is InChI=1S/C11H15ClN4O4/c1-20-4-2-3-14-11(17)7-5-8(12)10(15-13)9(6-7)16(18)19/h5-6,15H,2-4,13H2,1H3,(H,14,17). The topological polar surface area (TPSA) is 120 Å². The number of nitrogens with zero attached hydrogens (tertiary/aromatic N) is 1. The number of nitro benzene ring substituents is 1. The number of nitro groups is 1. The number of hydrogen-bond donors (Lipinski definition) is 3. The molecule has 0 fully saturated rings. The third-order valence-corrected chi connectivity index (χ3v) is 2.78. The number of carbonyl (C=O) groups excluding carboxylic acids is 1. The highest BCUT2D eigenvalue weighted by molar-refractivity contribution is 6.34. The Morgan fingerprint density at radius 3 is 2.80 bits per heavy atom. The molecular weight excluding hydrogens is 288 g/mol. The molecule has 0 radical (unpaired) electrons. The minimum atomic E-state index is -0.664. The van der Waals surface area contributed by atoms with Crippen LogP contribution in [-0.4, -0.2) is 31.1 Å². The summed E-state index contributed by atoms with van der Waals surface area (Å²) in [6, 6.07) is 2.43. The Bertz CT molecular complexity index is 509. The molecule has 0 bridgehead atoms. The predicted octanol–water partition coefficient (Wildman–Crippen LogP) is 1.30. The molecule has 1 aromatic carbocycles. The van der Waals surface area contributed by atoms with Crippen molar-refractivity contribution in [1.29, 1.82) is 0 Å². The maximum atomic E-state index is 11.8. The monoisotopic (exact) mass is 302 g/mol. The molecule has 1 amide bonds. The maximum Gasteiger partial charge on any atom is 0.295 e. The van der Waals surface area contributed by atoms with E-state index < -0.39 is 10.8 Å². The van der Waals surface area contributed by atoms with Crippen LogP contribution in [0.5, 0.6) is 0 Å². The molecule has 8 nitrogen and oxygen atoms in total. The first kappa shape index (κ1) is 16.2. The number of hydrazine groups is 1. The first-order chi connectivity index (χ1) is 9.51. The summed E-state index contributed by atoms with van der Waals surface area (Å²) in [6.45, 7) is 0.909. The Hall–Kier alpha value is -1.90. The van der Waals surface area contributed by atoms with Crippen LogP contribution in [0.2, 0.25) is 5.02 Å². The SMILES string of the molecule is COCCCNC(=O)c1cc(Cl)c(NN)c([N+](=O)[O-])c1. The number of carbonyl (C=O) groups is 1. The number of amides is 1. The second-order valence-corrected chi connectivity index (χ2v) is 4.26. The van der Waals surface area contributed by atoms with Crippen molar-refractivity contribution in [3.63, 3.8) is 0 Å². The summed E-state index contributed by atoms with van der Waals surface area (Å²) in [5.74, 6) is 4.73. The molecule has 0 aromatic heterocycles. The first-order valence-corrected chi connectivity index (χ1v) is 6.10. The molecule has 9 heteroatoms. The summed E-state index contributed by atoms with van der Waals surface area (Å²) in [6.07, 6.45) is 0.639. The van der Waals surface area contributed by atoms with E-state index in [-0.39, 0.29) is 22.0 Å². The van der Waals surface area contributed by atoms with Crippen molar-refractivity contribution in [3.05, 3.63) is 32.8 Å². The Morgan fingerprint density at radius 2 is 2.25 bits per heavy atom. The van der Waals surface area contributed by atoms with Gasteiger partial charge in [-0.2, -0.15) is 0 Å². The number of benzene rings is 1. The molecule has 1 rings (SSSR count). The summed E-state index contributed by atoms with van der Waals surface area (Å²) in [5.41, 5.74) is 1.85. The second kappa shape index (κ2) is 7.63. The minimum Gasteiger partial charge on any atom is -0.385 e. The number of methoxy groups -OCH3 is 1. The van der Waals surface area contributed by atoms with Crippen molar-refractivity contribution in [1.82, 2.24) is 5.32 Å². The van der Waals surface area contributed by atoms with Crippen LogP contribution in [0.15, 0.2) is 12.1 Å². The highest BCUT2D eigenvalue weighted by atomic mass is 35.5. The van der Waals surface area contributed by atoms with E-state index in [4.69, 9.17) is 22.2 Å². The van der Waals surface area contributed by atoms with Crippen LogP contribution in [0.1, 0.15) is 16.8 Å². The van der Waals surface area contributed by atoms with Crippen molar-refractivity contribution in [2.24, 2.45) is 5.84 Å². The van der Waals surface area contributed by atoms with Gasteiger partial charge in [0.15, 0.2) is 0 Å². The van der Waals surface area contributed by atoms with E-state index in [2.05, 4.69) is 10.7 Å². The molecule has 20 heavy (non-hydrogen) atoms. The quantitative estimate of drug-likeness (QED) is 0.302. The molecule has 0 saturated carbocycles. The van der Waals surface area contributed by atoms with Crippen molar-refractivity contribution >= 4 is 28.9 Å². The lowest BCUT2D eigenvalue weighted by Gasteiger charge is -2.08. The fourth-order valence-corrected chi connectivity index (χ4v) is 1.80. The predicted molar refractivity (Wildman–Crippen MR) is 74.7 cm³/mol. The lowest BCUT2D eigenvalue weighted by atomic mass is 10.1. The normalized spacial score (nSPS) is 10.2. The number of nitrogens with two attached hydrogens (primary N) is 1. The van der Waals surface area contributed by atoms with E-state index in [1.165, 1.54) is 6.07 Å². The molecule has 0 aliphatic rings. The third-order valence-electron chi connectivity index (χ3n) is 2.48. The summed E-state index contributed by atoms with van der Waals surface area (Å²) in [4.78, 5) is 22.1. The van der Waals surface area contributed by atoms with Gasteiger partial charge in [-0.05, 0) is 12.5 Å². The first-order valence-electron chi connectivity index (χ1n) is 5.73. The van der Waals surface area contributed by atoms with E-state index >= 15 is 0 Å². The minimum absolute atomic E-state index is 0.00346. The molecular formula is C11H15ClN4O4. The van der Waals surface area contributed by atoms with Gasteiger partial charge in [0.2, 0.25) is 0 Å². The Labute approximate surface area is 120 Å². The van der Waals surface area contributed by atoms with Crippen LogP contribution >= 0.6 is 11.6 Å². The number of halogens is 1. The van der Waals surface area contributed by atoms with Crippen molar-refractivity contribution in [2.75, 3.05) is 25.7 Å². The van der Waals surface area contributed by atoms with E-state index in [0.29, 0.717) is 19.6 Å². The fraction of sp³-hybridized carbons (Fsp3) is 0.364. The fourth-order valence-electron chi connectivity index (χ4n) is 1.53. The zero-order valence-electron chi connectivity index (χ0n) is 10.8. The van der Waals surface area contributed by atoms with Gasteiger partial charge >= 0.3 is 0 Å². The Morgan fingerprint density at radius 1 is 1.55 bits per heavy atom. The van der Waals surface area contributed by atoms with Crippen molar-refractivity contribution in [2.45, 2.75) is 6.42 Å². The van der Waals surface area contributed by atoms with Gasteiger partial charge < -0.3 is 15.5 Å². The molecule has 0 saturated heterocycles. The number of hydrogen-bond acceptors (Lipinski definition) is 6. The molecule has 0 atom stereocenters. The molecule has 0 spiro atoms. The van der Waals surface area contributed by atoms with Crippen LogP contribution in [0.4, 0.5) is 11.4 Å². The summed E-state index contributed by atoms with van der Waals surface area (Å²) in [5, 5.41) is 13.5. The van der Waals surface area contributed by atoms with E-state index in [1.807, 2.05) is 0 Å². The van der Waals surface area contributed by atoms with Gasteiger partial charge in [0.25, 0.3) is 11.6 Å². The zero-order valence-corrected chi connectivity index (χ0v) is 11.6. The molecule has 0 heterocycles. The van der Waals surface area contributed by atoms with Gasteiger partial charge in [-0.15, -0.1) is 0 Å². The molecule has 110 valence electrons. The van der Waals surface area contributed by atoms with Crippen molar-refractivity contribution < 1.29 is 14.5 Å². The molecule has 4 N–H and O–H groups in total. The Balaban J connectivity index is 2.90. The number of nitrogen functional groups attached to an aromatic ring is 1. The molecule has 0 aliphatic carbocycles. The lowest BCUT2D eigenvalue weighted by molar-refractivity contribution is -0.384.